The molecule has 1 aromatic rings. The number of hydrogen-bond acceptors (Lipinski definition) is 0. The summed E-state index contributed by atoms with van der Waals surface area (Å²) >= 11 is 6.04. The summed E-state index contributed by atoms with van der Waals surface area (Å²) in [5.74, 6) is 3.30. The Kier molecular flexibility index (Phi) is 6.16. The van der Waals surface area contributed by atoms with Gasteiger partial charge in [-0.2, -0.15) is 0 Å². The van der Waals surface area contributed by atoms with Crippen molar-refractivity contribution in [2.75, 3.05) is 0 Å². The maximum atomic E-state index is 6.04. The predicted molar refractivity (Wildman–Crippen MR) is 76.4 cm³/mol. The highest BCUT2D eigenvalue weighted by Crippen LogP contribution is 2.21. The van der Waals surface area contributed by atoms with Crippen LogP contribution in [0, 0.1) is 18.3 Å². The highest BCUT2D eigenvalue weighted by Gasteiger charge is 2.07. The summed E-state index contributed by atoms with van der Waals surface area (Å²) in [5.41, 5.74) is 2.75. The van der Waals surface area contributed by atoms with Crippen molar-refractivity contribution >= 4 is 11.6 Å². The fraction of sp³-hybridized carbons (Fsp3) is 0.500. The van der Waals surface area contributed by atoms with E-state index in [1.807, 2.05) is 6.07 Å². The molecule has 1 rings (SSSR count). The van der Waals surface area contributed by atoms with Gasteiger partial charge in [-0.05, 0) is 48.9 Å². The molecule has 0 aliphatic rings. The molecule has 0 aliphatic heterocycles. The maximum Gasteiger partial charge on any atom is 0.0408 e. The molecule has 0 saturated heterocycles. The average Bonchev–Trinajstić information content (AvgIpc) is 2.34. The number of terminal acetylenes is 1. The van der Waals surface area contributed by atoms with E-state index in [-0.39, 0.29) is 0 Å². The van der Waals surface area contributed by atoms with Gasteiger partial charge in [-0.3, -0.25) is 0 Å². The fourth-order valence-corrected chi connectivity index (χ4v) is 2.36. The van der Waals surface area contributed by atoms with Crippen LogP contribution in [0.25, 0.3) is 0 Å². The lowest BCUT2D eigenvalue weighted by Crippen LogP contribution is -2.01. The molecule has 0 amide bonds. The standard InChI is InChI=1S/C16H21Cl/c1-4-7-13(5-2)8-9-15-12-16(17)11-10-14(15)6-3/h2,10-13H,4,6-9H2,1,3H3. The van der Waals surface area contributed by atoms with E-state index in [9.17, 15) is 0 Å². The first-order valence-electron chi connectivity index (χ1n) is 6.44. The van der Waals surface area contributed by atoms with Gasteiger partial charge in [0.1, 0.15) is 0 Å². The Balaban J connectivity index is 2.67. The smallest absolute Gasteiger partial charge is 0.0408 e. The first-order chi connectivity index (χ1) is 8.21. The topological polar surface area (TPSA) is 0 Å². The molecule has 0 fully saturated rings. The van der Waals surface area contributed by atoms with E-state index in [4.69, 9.17) is 18.0 Å². The van der Waals surface area contributed by atoms with Crippen LogP contribution in [0.2, 0.25) is 5.02 Å². The van der Waals surface area contributed by atoms with Gasteiger partial charge < -0.3 is 0 Å². The van der Waals surface area contributed by atoms with Crippen LogP contribution in [-0.4, -0.2) is 0 Å². The summed E-state index contributed by atoms with van der Waals surface area (Å²) in [6, 6.07) is 6.18. The van der Waals surface area contributed by atoms with E-state index in [1.165, 1.54) is 11.1 Å². The largest absolute Gasteiger partial charge is 0.120 e. The van der Waals surface area contributed by atoms with Crippen molar-refractivity contribution in [1.29, 1.82) is 0 Å². The number of rotatable bonds is 6. The van der Waals surface area contributed by atoms with Crippen molar-refractivity contribution in [3.05, 3.63) is 34.3 Å². The van der Waals surface area contributed by atoms with Gasteiger partial charge in [0.15, 0.2) is 0 Å². The van der Waals surface area contributed by atoms with Crippen molar-refractivity contribution in [2.45, 2.75) is 46.0 Å². The summed E-state index contributed by atoms with van der Waals surface area (Å²) < 4.78 is 0. The number of benzene rings is 1. The van der Waals surface area contributed by atoms with Crippen LogP contribution in [0.1, 0.15) is 44.2 Å². The van der Waals surface area contributed by atoms with Gasteiger partial charge in [-0.25, -0.2) is 0 Å². The minimum absolute atomic E-state index is 0.406. The molecule has 1 heteroatoms. The Morgan fingerprint density at radius 2 is 2.00 bits per heavy atom. The minimum Gasteiger partial charge on any atom is -0.120 e. The highest BCUT2D eigenvalue weighted by atomic mass is 35.5. The zero-order valence-electron chi connectivity index (χ0n) is 10.8. The van der Waals surface area contributed by atoms with Crippen molar-refractivity contribution in [3.63, 3.8) is 0 Å². The van der Waals surface area contributed by atoms with Crippen LogP contribution in [0.3, 0.4) is 0 Å². The summed E-state index contributed by atoms with van der Waals surface area (Å²) in [4.78, 5) is 0. The molecule has 1 atom stereocenters. The van der Waals surface area contributed by atoms with Gasteiger partial charge in [0, 0.05) is 10.9 Å². The second-order valence-corrected chi connectivity index (χ2v) is 4.89. The Morgan fingerprint density at radius 3 is 2.59 bits per heavy atom. The van der Waals surface area contributed by atoms with Crippen LogP contribution in [-0.2, 0) is 12.8 Å². The first-order valence-corrected chi connectivity index (χ1v) is 6.82. The van der Waals surface area contributed by atoms with E-state index < -0.39 is 0 Å². The average molecular weight is 249 g/mol. The highest BCUT2D eigenvalue weighted by molar-refractivity contribution is 6.30. The van der Waals surface area contributed by atoms with E-state index in [0.29, 0.717) is 5.92 Å². The predicted octanol–water partition coefficient (Wildman–Crippen LogP) is 4.88. The van der Waals surface area contributed by atoms with Gasteiger partial charge in [-0.15, -0.1) is 12.3 Å². The quantitative estimate of drug-likeness (QED) is 0.629. The Bertz CT molecular complexity index is 387. The molecule has 0 N–H and O–H groups in total. The molecule has 0 saturated carbocycles. The molecular formula is C16H21Cl. The van der Waals surface area contributed by atoms with Gasteiger partial charge in [-0.1, -0.05) is 37.9 Å². The molecule has 17 heavy (non-hydrogen) atoms. The van der Waals surface area contributed by atoms with E-state index >= 15 is 0 Å². The lowest BCUT2D eigenvalue weighted by molar-refractivity contribution is 0.553. The second kappa shape index (κ2) is 7.41. The van der Waals surface area contributed by atoms with Crippen LogP contribution < -0.4 is 0 Å². The summed E-state index contributed by atoms with van der Waals surface area (Å²) in [7, 11) is 0. The fourth-order valence-electron chi connectivity index (χ4n) is 2.16. The molecule has 0 radical (unpaired) electrons. The molecule has 0 aliphatic carbocycles. The molecule has 1 unspecified atom stereocenters. The minimum atomic E-state index is 0.406. The molecule has 0 aromatic heterocycles. The summed E-state index contributed by atoms with van der Waals surface area (Å²) in [5, 5.41) is 0.824. The van der Waals surface area contributed by atoms with Crippen LogP contribution in [0.4, 0.5) is 0 Å². The normalized spacial score (nSPS) is 12.1. The van der Waals surface area contributed by atoms with Gasteiger partial charge in [0.05, 0.1) is 0 Å². The summed E-state index contributed by atoms with van der Waals surface area (Å²) in [6.45, 7) is 4.36. The maximum absolute atomic E-state index is 6.04. The molecule has 1 aromatic carbocycles. The lowest BCUT2D eigenvalue weighted by Gasteiger charge is -2.12. The van der Waals surface area contributed by atoms with Crippen LogP contribution >= 0.6 is 11.6 Å². The molecule has 0 nitrogen and oxygen atoms in total. The third-order valence-electron chi connectivity index (χ3n) is 3.18. The van der Waals surface area contributed by atoms with Crippen LogP contribution in [0.15, 0.2) is 18.2 Å². The molecular weight excluding hydrogens is 228 g/mol. The number of aryl methyl sites for hydroxylation is 2. The third kappa shape index (κ3) is 4.44. The molecule has 0 heterocycles. The Hall–Kier alpha value is -0.930. The molecule has 0 bridgehead atoms. The SMILES string of the molecule is C#CC(CCC)CCc1cc(Cl)ccc1CC. The van der Waals surface area contributed by atoms with E-state index in [1.54, 1.807) is 0 Å². The van der Waals surface area contributed by atoms with E-state index in [2.05, 4.69) is 31.9 Å². The first kappa shape index (κ1) is 14.1. The van der Waals surface area contributed by atoms with Crippen molar-refractivity contribution in [1.82, 2.24) is 0 Å². The zero-order valence-corrected chi connectivity index (χ0v) is 11.6. The van der Waals surface area contributed by atoms with E-state index in [0.717, 1.165) is 37.1 Å². The van der Waals surface area contributed by atoms with Gasteiger partial charge in [0.25, 0.3) is 0 Å². The Labute approximate surface area is 110 Å². The van der Waals surface area contributed by atoms with Crippen molar-refractivity contribution in [2.24, 2.45) is 5.92 Å². The molecule has 92 valence electrons. The van der Waals surface area contributed by atoms with Crippen molar-refractivity contribution in [3.8, 4) is 12.3 Å². The van der Waals surface area contributed by atoms with Crippen molar-refractivity contribution < 1.29 is 0 Å². The number of hydrogen-bond donors (Lipinski definition) is 0. The van der Waals surface area contributed by atoms with Crippen LogP contribution in [0.5, 0.6) is 0 Å². The molecule has 0 spiro atoms. The monoisotopic (exact) mass is 248 g/mol. The third-order valence-corrected chi connectivity index (χ3v) is 3.42. The van der Waals surface area contributed by atoms with Gasteiger partial charge >= 0.3 is 0 Å². The second-order valence-electron chi connectivity index (χ2n) is 4.46. The van der Waals surface area contributed by atoms with Gasteiger partial charge in [0.2, 0.25) is 0 Å². The lowest BCUT2D eigenvalue weighted by atomic mass is 9.93. The number of halogens is 1. The Morgan fingerprint density at radius 1 is 1.24 bits per heavy atom. The summed E-state index contributed by atoms with van der Waals surface area (Å²) in [6.07, 6.45) is 11.0. The zero-order chi connectivity index (χ0) is 12.7.